The Bertz CT molecular complexity index is 1190. The Balaban J connectivity index is 1.54. The normalized spacial score (nSPS) is 11.7. The van der Waals surface area contributed by atoms with Crippen LogP contribution in [-0.4, -0.2) is 27.2 Å². The summed E-state index contributed by atoms with van der Waals surface area (Å²) in [5.74, 6) is -0.805. The van der Waals surface area contributed by atoms with E-state index in [4.69, 9.17) is 0 Å². The van der Waals surface area contributed by atoms with Crippen LogP contribution in [0.4, 0.5) is 13.2 Å². The second kappa shape index (κ2) is 7.70. The summed E-state index contributed by atoms with van der Waals surface area (Å²) in [6, 6.07) is 14.2. The summed E-state index contributed by atoms with van der Waals surface area (Å²) < 4.78 is 42.0. The Morgan fingerprint density at radius 1 is 1.13 bits per heavy atom. The molecule has 0 saturated carbocycles. The highest BCUT2D eigenvalue weighted by atomic mass is 19.4. The Morgan fingerprint density at radius 2 is 1.87 bits per heavy atom. The summed E-state index contributed by atoms with van der Waals surface area (Å²) in [5.41, 5.74) is 1.52. The highest BCUT2D eigenvalue weighted by molar-refractivity contribution is 5.95. The number of carbonyl (C=O) groups is 1. The van der Waals surface area contributed by atoms with Crippen LogP contribution >= 0.6 is 0 Å². The number of rotatable bonds is 5. The van der Waals surface area contributed by atoms with E-state index in [1.165, 1.54) is 12.1 Å². The van der Waals surface area contributed by atoms with Gasteiger partial charge in [-0.1, -0.05) is 35.9 Å². The molecule has 0 bridgehead atoms. The Morgan fingerprint density at radius 3 is 2.60 bits per heavy atom. The average molecular weight is 412 g/mol. The van der Waals surface area contributed by atoms with E-state index in [1.807, 2.05) is 37.4 Å². The maximum absolute atomic E-state index is 13.7. The van der Waals surface area contributed by atoms with Gasteiger partial charge in [-0.2, -0.15) is 18.3 Å². The lowest BCUT2D eigenvalue weighted by atomic mass is 10.1. The third-order valence-electron chi connectivity index (χ3n) is 4.92. The lowest BCUT2D eigenvalue weighted by molar-refractivity contribution is -0.143. The van der Waals surface area contributed by atoms with Crippen LogP contribution in [0.25, 0.3) is 16.6 Å². The van der Waals surface area contributed by atoms with Crippen LogP contribution in [0.3, 0.4) is 0 Å². The number of aromatic amines is 1. The fourth-order valence-corrected chi connectivity index (χ4v) is 3.41. The van der Waals surface area contributed by atoms with Crippen molar-refractivity contribution in [2.24, 2.45) is 0 Å². The summed E-state index contributed by atoms with van der Waals surface area (Å²) in [6.45, 7) is 2.04. The van der Waals surface area contributed by atoms with Gasteiger partial charge in [0.1, 0.15) is 0 Å². The largest absolute Gasteiger partial charge is 0.434 e. The van der Waals surface area contributed by atoms with E-state index in [1.54, 1.807) is 12.1 Å². The van der Waals surface area contributed by atoms with Crippen molar-refractivity contribution < 1.29 is 18.0 Å². The maximum atomic E-state index is 13.7. The van der Waals surface area contributed by atoms with Crippen molar-refractivity contribution in [3.63, 3.8) is 0 Å². The first-order valence-electron chi connectivity index (χ1n) is 9.40. The van der Waals surface area contributed by atoms with Gasteiger partial charge in [-0.25, -0.2) is 4.68 Å². The van der Waals surface area contributed by atoms with Gasteiger partial charge >= 0.3 is 6.18 Å². The zero-order valence-corrected chi connectivity index (χ0v) is 16.1. The molecule has 1 amide bonds. The highest BCUT2D eigenvalue weighted by Gasteiger charge is 2.40. The van der Waals surface area contributed by atoms with Gasteiger partial charge in [0.2, 0.25) is 0 Å². The fraction of sp³-hybridized carbons (Fsp3) is 0.182. The zero-order valence-electron chi connectivity index (χ0n) is 16.1. The van der Waals surface area contributed by atoms with Gasteiger partial charge in [-0.05, 0) is 37.1 Å². The van der Waals surface area contributed by atoms with Crippen molar-refractivity contribution in [2.45, 2.75) is 19.5 Å². The Hall–Kier alpha value is -3.55. The molecule has 0 atom stereocenters. The Kier molecular flexibility index (Phi) is 5.07. The average Bonchev–Trinajstić information content (AvgIpc) is 3.33. The number of carbonyl (C=O) groups excluding carboxylic acids is 1. The van der Waals surface area contributed by atoms with E-state index < -0.39 is 23.3 Å². The fourth-order valence-electron chi connectivity index (χ4n) is 3.41. The van der Waals surface area contributed by atoms with Crippen LogP contribution in [0.1, 0.15) is 27.2 Å². The summed E-state index contributed by atoms with van der Waals surface area (Å²) in [5, 5.41) is 7.44. The molecule has 0 aliphatic rings. The Labute approximate surface area is 170 Å². The van der Waals surface area contributed by atoms with E-state index in [9.17, 15) is 18.0 Å². The quantitative estimate of drug-likeness (QED) is 0.501. The molecule has 0 spiro atoms. The predicted octanol–water partition coefficient (Wildman–Crippen LogP) is 4.65. The molecule has 0 aliphatic heterocycles. The molecule has 0 radical (unpaired) electrons. The molecule has 2 N–H and O–H groups in total. The second-order valence-electron chi connectivity index (χ2n) is 7.02. The number of fused-ring (bicyclic) bond motifs is 1. The van der Waals surface area contributed by atoms with Crippen LogP contribution in [0, 0.1) is 6.92 Å². The van der Waals surface area contributed by atoms with E-state index in [0.29, 0.717) is 6.42 Å². The van der Waals surface area contributed by atoms with Gasteiger partial charge in [-0.15, -0.1) is 0 Å². The molecule has 4 aromatic rings. The van der Waals surface area contributed by atoms with Gasteiger partial charge in [0.15, 0.2) is 5.69 Å². The number of benzene rings is 2. The molecule has 154 valence electrons. The van der Waals surface area contributed by atoms with Crippen molar-refractivity contribution in [3.05, 3.63) is 83.3 Å². The predicted molar refractivity (Wildman–Crippen MR) is 108 cm³/mol. The first-order chi connectivity index (χ1) is 14.3. The molecule has 0 fully saturated rings. The second-order valence-corrected chi connectivity index (χ2v) is 7.02. The number of aromatic nitrogens is 3. The van der Waals surface area contributed by atoms with Gasteiger partial charge < -0.3 is 10.3 Å². The number of nitrogens with zero attached hydrogens (tertiary/aromatic N) is 2. The monoisotopic (exact) mass is 412 g/mol. The highest BCUT2D eigenvalue weighted by Crippen LogP contribution is 2.33. The number of nitrogens with one attached hydrogen (secondary N) is 2. The molecule has 0 unspecified atom stereocenters. The smallest absolute Gasteiger partial charge is 0.361 e. The number of para-hydroxylation sites is 1. The number of aryl methyl sites for hydroxylation is 1. The van der Waals surface area contributed by atoms with Crippen molar-refractivity contribution in [2.75, 3.05) is 6.54 Å². The third-order valence-corrected chi connectivity index (χ3v) is 4.92. The van der Waals surface area contributed by atoms with Crippen LogP contribution in [0.2, 0.25) is 0 Å². The molecule has 0 saturated heterocycles. The summed E-state index contributed by atoms with van der Waals surface area (Å²) in [4.78, 5) is 15.7. The third kappa shape index (κ3) is 3.80. The van der Waals surface area contributed by atoms with Gasteiger partial charge in [0.25, 0.3) is 5.91 Å². The molecule has 2 aromatic heterocycles. The topological polar surface area (TPSA) is 62.7 Å². The number of amides is 1. The van der Waals surface area contributed by atoms with Gasteiger partial charge in [0, 0.05) is 23.6 Å². The SMILES string of the molecule is Cc1ccc(-n2ncc(C(=O)NCCc3c[nH]c4ccccc34)c2C(F)(F)F)cc1. The summed E-state index contributed by atoms with van der Waals surface area (Å²) >= 11 is 0. The summed E-state index contributed by atoms with van der Waals surface area (Å²) in [7, 11) is 0. The lowest BCUT2D eigenvalue weighted by Crippen LogP contribution is -2.28. The standard InChI is InChI=1S/C22H19F3N4O/c1-14-6-8-16(9-7-14)29-20(22(23,24)25)18(13-28-29)21(30)26-11-10-15-12-27-19-5-3-2-4-17(15)19/h2-9,12-13,27H,10-11H2,1H3,(H,26,30). The van der Waals surface area contributed by atoms with Gasteiger partial charge in [0.05, 0.1) is 17.4 Å². The lowest BCUT2D eigenvalue weighted by Gasteiger charge is -2.13. The first-order valence-corrected chi connectivity index (χ1v) is 9.40. The molecule has 8 heteroatoms. The molecular weight excluding hydrogens is 393 g/mol. The maximum Gasteiger partial charge on any atom is 0.434 e. The van der Waals surface area contributed by atoms with Crippen LogP contribution in [0.5, 0.6) is 0 Å². The van der Waals surface area contributed by atoms with E-state index in [-0.39, 0.29) is 12.2 Å². The minimum absolute atomic E-state index is 0.202. The number of H-pyrrole nitrogens is 1. The number of alkyl halides is 3. The molecule has 2 aromatic carbocycles. The number of hydrogen-bond acceptors (Lipinski definition) is 2. The first kappa shape index (κ1) is 19.8. The van der Waals surface area contributed by atoms with E-state index in [2.05, 4.69) is 15.4 Å². The van der Waals surface area contributed by atoms with Crippen molar-refractivity contribution in [1.29, 1.82) is 0 Å². The van der Waals surface area contributed by atoms with Crippen LogP contribution in [0.15, 0.2) is 60.9 Å². The van der Waals surface area contributed by atoms with E-state index in [0.717, 1.165) is 32.9 Å². The molecule has 5 nitrogen and oxygen atoms in total. The molecule has 0 aliphatic carbocycles. The molecular formula is C22H19F3N4O. The zero-order chi connectivity index (χ0) is 21.3. The van der Waals surface area contributed by atoms with E-state index >= 15 is 0 Å². The number of hydrogen-bond donors (Lipinski definition) is 2. The molecule has 4 rings (SSSR count). The number of halogens is 3. The van der Waals surface area contributed by atoms with Crippen molar-refractivity contribution >= 4 is 16.8 Å². The van der Waals surface area contributed by atoms with Crippen LogP contribution in [-0.2, 0) is 12.6 Å². The minimum Gasteiger partial charge on any atom is -0.361 e. The van der Waals surface area contributed by atoms with Crippen molar-refractivity contribution in [1.82, 2.24) is 20.1 Å². The summed E-state index contributed by atoms with van der Waals surface area (Å²) in [6.07, 6.45) is -1.44. The molecule has 2 heterocycles. The van der Waals surface area contributed by atoms with Crippen LogP contribution < -0.4 is 5.32 Å². The van der Waals surface area contributed by atoms with Crippen molar-refractivity contribution in [3.8, 4) is 5.69 Å². The minimum atomic E-state index is -4.73. The van der Waals surface area contributed by atoms with Gasteiger partial charge in [-0.3, -0.25) is 4.79 Å². The molecule has 30 heavy (non-hydrogen) atoms.